The summed E-state index contributed by atoms with van der Waals surface area (Å²) in [5, 5.41) is 3.41. The van der Waals surface area contributed by atoms with Crippen LogP contribution in [0.2, 0.25) is 0 Å². The molecule has 1 N–H and O–H groups in total. The Morgan fingerprint density at radius 3 is 2.84 bits per heavy atom. The van der Waals surface area contributed by atoms with Gasteiger partial charge in [-0.1, -0.05) is 18.2 Å². The minimum absolute atomic E-state index is 0.146. The Morgan fingerprint density at radius 2 is 2.16 bits per heavy atom. The number of hydrogen-bond acceptors (Lipinski definition) is 4. The van der Waals surface area contributed by atoms with Gasteiger partial charge in [0.1, 0.15) is 0 Å². The molecule has 2 rings (SSSR count). The second kappa shape index (κ2) is 6.57. The summed E-state index contributed by atoms with van der Waals surface area (Å²) in [5.74, 6) is -0.151. The van der Waals surface area contributed by atoms with E-state index < -0.39 is 0 Å². The first-order chi connectivity index (χ1) is 9.22. The van der Waals surface area contributed by atoms with E-state index in [2.05, 4.69) is 29.3 Å². The van der Waals surface area contributed by atoms with E-state index in [4.69, 9.17) is 4.74 Å². The monoisotopic (exact) mass is 262 g/mol. The number of esters is 1. The number of carbonyl (C=O) groups excluding carboxylic acids is 1. The Bertz CT molecular complexity index is 408. The van der Waals surface area contributed by atoms with Crippen molar-refractivity contribution in [3.63, 3.8) is 0 Å². The summed E-state index contributed by atoms with van der Waals surface area (Å²) in [4.78, 5) is 13.9. The van der Waals surface area contributed by atoms with Gasteiger partial charge in [-0.2, -0.15) is 0 Å². The lowest BCUT2D eigenvalue weighted by atomic mass is 10.1. The van der Waals surface area contributed by atoms with Crippen LogP contribution in [-0.4, -0.2) is 38.3 Å². The molecule has 1 aromatic carbocycles. The van der Waals surface area contributed by atoms with Crippen LogP contribution < -0.4 is 10.2 Å². The SMILES string of the molecule is COC(=O)CC1CNCCC(C)N1c1ccccc1. The highest BCUT2D eigenvalue weighted by Crippen LogP contribution is 2.24. The van der Waals surface area contributed by atoms with Crippen molar-refractivity contribution in [1.29, 1.82) is 0 Å². The Hall–Kier alpha value is -1.55. The van der Waals surface area contributed by atoms with Crippen LogP contribution in [0.1, 0.15) is 19.8 Å². The molecule has 1 aromatic rings. The van der Waals surface area contributed by atoms with Crippen LogP contribution in [0.15, 0.2) is 30.3 Å². The molecule has 1 aliphatic rings. The van der Waals surface area contributed by atoms with Crippen LogP contribution in [0.5, 0.6) is 0 Å². The zero-order valence-electron chi connectivity index (χ0n) is 11.6. The summed E-state index contributed by atoms with van der Waals surface area (Å²) in [6.45, 7) is 4.01. The van der Waals surface area contributed by atoms with Gasteiger partial charge in [-0.3, -0.25) is 4.79 Å². The van der Waals surface area contributed by atoms with Crippen LogP contribution in [0, 0.1) is 0 Å². The predicted octanol–water partition coefficient (Wildman–Crippen LogP) is 1.81. The fraction of sp³-hybridized carbons (Fsp3) is 0.533. The quantitative estimate of drug-likeness (QED) is 0.844. The third kappa shape index (κ3) is 3.47. The van der Waals surface area contributed by atoms with Crippen LogP contribution in [0.4, 0.5) is 5.69 Å². The third-order valence-electron chi connectivity index (χ3n) is 3.67. The average Bonchev–Trinajstić information content (AvgIpc) is 2.61. The van der Waals surface area contributed by atoms with Crippen molar-refractivity contribution in [3.05, 3.63) is 30.3 Å². The summed E-state index contributed by atoms with van der Waals surface area (Å²) in [6.07, 6.45) is 1.50. The first-order valence-electron chi connectivity index (χ1n) is 6.83. The van der Waals surface area contributed by atoms with Crippen molar-refractivity contribution in [2.45, 2.75) is 31.8 Å². The van der Waals surface area contributed by atoms with Crippen LogP contribution in [-0.2, 0) is 9.53 Å². The van der Waals surface area contributed by atoms with Crippen LogP contribution in [0.3, 0.4) is 0 Å². The number of carbonyl (C=O) groups is 1. The largest absolute Gasteiger partial charge is 0.469 e. The molecular formula is C15H22N2O2. The topological polar surface area (TPSA) is 41.6 Å². The number of ether oxygens (including phenoxy) is 1. The van der Waals surface area contributed by atoms with Crippen molar-refractivity contribution in [2.75, 3.05) is 25.1 Å². The van der Waals surface area contributed by atoms with Crippen molar-refractivity contribution in [1.82, 2.24) is 5.32 Å². The zero-order chi connectivity index (χ0) is 13.7. The smallest absolute Gasteiger partial charge is 0.307 e. The maximum atomic E-state index is 11.6. The molecule has 0 saturated carbocycles. The Kier molecular flexibility index (Phi) is 4.80. The normalized spacial score (nSPS) is 23.8. The van der Waals surface area contributed by atoms with Gasteiger partial charge in [0.25, 0.3) is 0 Å². The van der Waals surface area contributed by atoms with E-state index in [1.807, 2.05) is 18.2 Å². The molecule has 0 radical (unpaired) electrons. The summed E-state index contributed by atoms with van der Waals surface area (Å²) < 4.78 is 4.82. The number of nitrogens with zero attached hydrogens (tertiary/aromatic N) is 1. The lowest BCUT2D eigenvalue weighted by molar-refractivity contribution is -0.141. The minimum atomic E-state index is -0.151. The van der Waals surface area contributed by atoms with E-state index in [9.17, 15) is 4.79 Å². The van der Waals surface area contributed by atoms with Crippen molar-refractivity contribution >= 4 is 11.7 Å². The van der Waals surface area contributed by atoms with E-state index >= 15 is 0 Å². The van der Waals surface area contributed by atoms with E-state index in [0.717, 1.165) is 19.5 Å². The highest BCUT2D eigenvalue weighted by Gasteiger charge is 2.28. The Balaban J connectivity index is 2.23. The van der Waals surface area contributed by atoms with Gasteiger partial charge in [0.05, 0.1) is 19.6 Å². The second-order valence-electron chi connectivity index (χ2n) is 5.02. The van der Waals surface area contributed by atoms with E-state index in [1.54, 1.807) is 0 Å². The van der Waals surface area contributed by atoms with Crippen molar-refractivity contribution < 1.29 is 9.53 Å². The molecule has 0 bridgehead atoms. The summed E-state index contributed by atoms with van der Waals surface area (Å²) in [6, 6.07) is 10.8. The maximum Gasteiger partial charge on any atom is 0.307 e. The zero-order valence-corrected chi connectivity index (χ0v) is 11.6. The molecule has 2 unspecified atom stereocenters. The Labute approximate surface area is 114 Å². The fourth-order valence-corrected chi connectivity index (χ4v) is 2.69. The lowest BCUT2D eigenvalue weighted by Crippen LogP contribution is -2.45. The molecule has 1 aliphatic heterocycles. The molecule has 4 heteroatoms. The lowest BCUT2D eigenvalue weighted by Gasteiger charge is -2.36. The van der Waals surface area contributed by atoms with Gasteiger partial charge in [0.15, 0.2) is 0 Å². The number of methoxy groups -OCH3 is 1. The summed E-state index contributed by atoms with van der Waals surface area (Å²) in [7, 11) is 1.45. The first-order valence-corrected chi connectivity index (χ1v) is 6.83. The van der Waals surface area contributed by atoms with Gasteiger partial charge >= 0.3 is 5.97 Å². The summed E-state index contributed by atoms with van der Waals surface area (Å²) >= 11 is 0. The van der Waals surface area contributed by atoms with Gasteiger partial charge in [-0.05, 0) is 32.0 Å². The van der Waals surface area contributed by atoms with E-state index in [-0.39, 0.29) is 12.0 Å². The van der Waals surface area contributed by atoms with Crippen molar-refractivity contribution in [2.24, 2.45) is 0 Å². The van der Waals surface area contributed by atoms with Crippen LogP contribution in [0.25, 0.3) is 0 Å². The highest BCUT2D eigenvalue weighted by atomic mass is 16.5. The number of rotatable bonds is 3. The van der Waals surface area contributed by atoms with Crippen molar-refractivity contribution in [3.8, 4) is 0 Å². The van der Waals surface area contributed by atoms with Gasteiger partial charge in [0.2, 0.25) is 0 Å². The highest BCUT2D eigenvalue weighted by molar-refractivity contribution is 5.71. The molecule has 1 saturated heterocycles. The molecule has 0 aliphatic carbocycles. The molecule has 4 nitrogen and oxygen atoms in total. The molecule has 0 amide bonds. The average molecular weight is 262 g/mol. The number of hydrogen-bond donors (Lipinski definition) is 1. The predicted molar refractivity (Wildman–Crippen MR) is 76.3 cm³/mol. The number of benzene rings is 1. The maximum absolute atomic E-state index is 11.6. The van der Waals surface area contributed by atoms with Gasteiger partial charge in [0, 0.05) is 18.3 Å². The number of para-hydroxylation sites is 1. The standard InChI is InChI=1S/C15H22N2O2/c1-12-8-9-16-11-14(10-15(18)19-2)17(12)13-6-4-3-5-7-13/h3-7,12,14,16H,8-11H2,1-2H3. The second-order valence-corrected chi connectivity index (χ2v) is 5.02. The van der Waals surface area contributed by atoms with E-state index in [0.29, 0.717) is 12.5 Å². The van der Waals surface area contributed by atoms with Gasteiger partial charge in [-0.15, -0.1) is 0 Å². The molecular weight excluding hydrogens is 240 g/mol. The summed E-state index contributed by atoms with van der Waals surface area (Å²) in [5.41, 5.74) is 1.17. The molecule has 19 heavy (non-hydrogen) atoms. The molecule has 2 atom stereocenters. The first kappa shape index (κ1) is 13.9. The molecule has 1 fully saturated rings. The fourth-order valence-electron chi connectivity index (χ4n) is 2.69. The third-order valence-corrected chi connectivity index (χ3v) is 3.67. The van der Waals surface area contributed by atoms with Gasteiger partial charge < -0.3 is 15.0 Å². The van der Waals surface area contributed by atoms with Crippen LogP contribution >= 0.6 is 0 Å². The molecule has 0 aromatic heterocycles. The Morgan fingerprint density at radius 1 is 1.42 bits per heavy atom. The number of nitrogens with one attached hydrogen (secondary N) is 1. The van der Waals surface area contributed by atoms with E-state index in [1.165, 1.54) is 12.8 Å². The number of anilines is 1. The van der Waals surface area contributed by atoms with Gasteiger partial charge in [-0.25, -0.2) is 0 Å². The molecule has 104 valence electrons. The molecule has 0 spiro atoms. The minimum Gasteiger partial charge on any atom is -0.469 e. The molecule has 1 heterocycles.